The van der Waals surface area contributed by atoms with Crippen molar-refractivity contribution in [2.75, 3.05) is 12.0 Å². The van der Waals surface area contributed by atoms with Gasteiger partial charge in [-0.05, 0) is 0 Å². The van der Waals surface area contributed by atoms with Gasteiger partial charge in [-0.1, -0.05) is 0 Å². The van der Waals surface area contributed by atoms with Crippen LogP contribution in [0.1, 0.15) is 5.69 Å². The number of nitrogens with one attached hydrogen (secondary N) is 3. The second-order valence-electron chi connectivity index (χ2n) is 2.36. The molecule has 5 heteroatoms. The molecule has 1 aliphatic heterocycles. The minimum atomic E-state index is -0.297. The molecule has 3 N–H and O–H groups in total. The van der Waals surface area contributed by atoms with Gasteiger partial charge in [-0.2, -0.15) is 4.98 Å². The van der Waals surface area contributed by atoms with E-state index >= 15 is 0 Å². The molecule has 0 saturated heterocycles. The SMILES string of the molecule is O=c1ncc2c([nH]1)CNCN2. The maximum atomic E-state index is 10.7. The summed E-state index contributed by atoms with van der Waals surface area (Å²) >= 11 is 0. The van der Waals surface area contributed by atoms with Crippen LogP contribution < -0.4 is 16.3 Å². The van der Waals surface area contributed by atoms with E-state index in [0.29, 0.717) is 6.54 Å². The molecule has 0 aromatic carbocycles. The van der Waals surface area contributed by atoms with Crippen molar-refractivity contribution in [2.45, 2.75) is 6.54 Å². The van der Waals surface area contributed by atoms with Crippen LogP contribution in [-0.4, -0.2) is 16.6 Å². The van der Waals surface area contributed by atoms with Gasteiger partial charge in [0.15, 0.2) is 0 Å². The number of aromatic nitrogens is 2. The fourth-order valence-corrected chi connectivity index (χ4v) is 1.07. The number of nitrogens with zero attached hydrogens (tertiary/aromatic N) is 1. The molecule has 1 aromatic heterocycles. The minimum Gasteiger partial charge on any atom is -0.370 e. The number of rotatable bonds is 0. The zero-order valence-corrected chi connectivity index (χ0v) is 5.85. The summed E-state index contributed by atoms with van der Waals surface area (Å²) in [4.78, 5) is 16.9. The van der Waals surface area contributed by atoms with Crippen molar-refractivity contribution in [1.29, 1.82) is 0 Å². The molecule has 0 fully saturated rings. The van der Waals surface area contributed by atoms with Gasteiger partial charge in [0.25, 0.3) is 0 Å². The number of aromatic amines is 1. The Balaban J connectivity index is 2.51. The average molecular weight is 152 g/mol. The summed E-state index contributed by atoms with van der Waals surface area (Å²) in [6.07, 6.45) is 1.55. The highest BCUT2D eigenvalue weighted by Gasteiger charge is 2.07. The van der Waals surface area contributed by atoms with Gasteiger partial charge in [0, 0.05) is 6.54 Å². The van der Waals surface area contributed by atoms with E-state index in [0.717, 1.165) is 18.1 Å². The van der Waals surface area contributed by atoms with Crippen LogP contribution in [0.5, 0.6) is 0 Å². The summed E-state index contributed by atoms with van der Waals surface area (Å²) in [7, 11) is 0. The van der Waals surface area contributed by atoms with E-state index in [4.69, 9.17) is 0 Å². The van der Waals surface area contributed by atoms with Crippen molar-refractivity contribution in [3.8, 4) is 0 Å². The molecule has 1 aromatic rings. The molecule has 0 aliphatic carbocycles. The maximum absolute atomic E-state index is 10.7. The van der Waals surface area contributed by atoms with E-state index in [2.05, 4.69) is 20.6 Å². The molecular formula is C6H8N4O. The van der Waals surface area contributed by atoms with Crippen LogP contribution in [0.2, 0.25) is 0 Å². The molecule has 0 spiro atoms. The lowest BCUT2D eigenvalue weighted by molar-refractivity contribution is 0.683. The lowest BCUT2D eigenvalue weighted by Crippen LogP contribution is -2.30. The second-order valence-corrected chi connectivity index (χ2v) is 2.36. The number of hydrogen-bond donors (Lipinski definition) is 3. The van der Waals surface area contributed by atoms with E-state index in [-0.39, 0.29) is 5.69 Å². The van der Waals surface area contributed by atoms with Crippen molar-refractivity contribution < 1.29 is 0 Å². The van der Waals surface area contributed by atoms with Gasteiger partial charge in [-0.25, -0.2) is 4.79 Å². The molecule has 0 saturated carbocycles. The van der Waals surface area contributed by atoms with Crippen molar-refractivity contribution in [3.63, 3.8) is 0 Å². The summed E-state index contributed by atoms with van der Waals surface area (Å²) < 4.78 is 0. The van der Waals surface area contributed by atoms with Gasteiger partial charge in [-0.15, -0.1) is 0 Å². The lowest BCUT2D eigenvalue weighted by atomic mass is 10.3. The predicted octanol–water partition coefficient (Wildman–Crippen LogP) is -0.758. The standard InChI is InChI=1S/C6H8N4O/c11-6-8-2-4-5(10-6)1-7-3-9-4/h2,7,9H,1,3H2,(H,8,10,11). The summed E-state index contributed by atoms with van der Waals surface area (Å²) in [5, 5.41) is 6.11. The lowest BCUT2D eigenvalue weighted by Gasteiger charge is -2.16. The summed E-state index contributed by atoms with van der Waals surface area (Å²) in [5.41, 5.74) is 1.48. The molecular weight excluding hydrogens is 144 g/mol. The molecule has 1 aliphatic rings. The molecule has 2 heterocycles. The van der Waals surface area contributed by atoms with E-state index in [9.17, 15) is 4.79 Å². The van der Waals surface area contributed by atoms with Gasteiger partial charge >= 0.3 is 5.69 Å². The fraction of sp³-hybridized carbons (Fsp3) is 0.333. The molecule has 0 radical (unpaired) electrons. The van der Waals surface area contributed by atoms with E-state index in [1.54, 1.807) is 6.20 Å². The third-order valence-corrected chi connectivity index (χ3v) is 1.60. The zero-order valence-electron chi connectivity index (χ0n) is 5.85. The Bertz CT molecular complexity index is 319. The number of fused-ring (bicyclic) bond motifs is 1. The summed E-state index contributed by atoms with van der Waals surface area (Å²) in [5.74, 6) is 0. The quantitative estimate of drug-likeness (QED) is 0.457. The Hall–Kier alpha value is -1.36. The number of hydrogen-bond acceptors (Lipinski definition) is 4. The first-order valence-electron chi connectivity index (χ1n) is 3.39. The van der Waals surface area contributed by atoms with Crippen molar-refractivity contribution in [1.82, 2.24) is 15.3 Å². The first-order valence-corrected chi connectivity index (χ1v) is 3.39. The van der Waals surface area contributed by atoms with E-state index in [1.807, 2.05) is 0 Å². The van der Waals surface area contributed by atoms with Crippen LogP contribution >= 0.6 is 0 Å². The highest BCUT2D eigenvalue weighted by molar-refractivity contribution is 5.46. The fourth-order valence-electron chi connectivity index (χ4n) is 1.07. The Morgan fingerprint density at radius 3 is 3.36 bits per heavy atom. The normalized spacial score (nSPS) is 15.3. The smallest absolute Gasteiger partial charge is 0.345 e. The second kappa shape index (κ2) is 2.35. The van der Waals surface area contributed by atoms with Crippen LogP contribution in [0, 0.1) is 0 Å². The molecule has 2 rings (SSSR count). The highest BCUT2D eigenvalue weighted by Crippen LogP contribution is 2.10. The third kappa shape index (κ3) is 1.10. The van der Waals surface area contributed by atoms with Gasteiger partial charge in [-0.3, -0.25) is 5.32 Å². The Labute approximate surface area is 62.9 Å². The molecule has 58 valence electrons. The Kier molecular flexibility index (Phi) is 1.36. The predicted molar refractivity (Wildman–Crippen MR) is 40.2 cm³/mol. The molecule has 0 bridgehead atoms. The Morgan fingerprint density at radius 2 is 2.45 bits per heavy atom. The monoisotopic (exact) mass is 152 g/mol. The zero-order chi connectivity index (χ0) is 7.68. The van der Waals surface area contributed by atoms with Crippen LogP contribution in [0.15, 0.2) is 11.0 Å². The van der Waals surface area contributed by atoms with Crippen LogP contribution in [-0.2, 0) is 6.54 Å². The van der Waals surface area contributed by atoms with E-state index < -0.39 is 0 Å². The largest absolute Gasteiger partial charge is 0.370 e. The minimum absolute atomic E-state index is 0.297. The molecule has 0 atom stereocenters. The van der Waals surface area contributed by atoms with Gasteiger partial charge < -0.3 is 10.3 Å². The summed E-state index contributed by atoms with van der Waals surface area (Å²) in [6.45, 7) is 1.42. The summed E-state index contributed by atoms with van der Waals surface area (Å²) in [6, 6.07) is 0. The van der Waals surface area contributed by atoms with E-state index in [1.165, 1.54) is 0 Å². The van der Waals surface area contributed by atoms with Crippen LogP contribution in [0.3, 0.4) is 0 Å². The van der Waals surface area contributed by atoms with Gasteiger partial charge in [0.2, 0.25) is 0 Å². The van der Waals surface area contributed by atoms with Crippen LogP contribution in [0.4, 0.5) is 5.69 Å². The molecule has 5 nitrogen and oxygen atoms in total. The third-order valence-electron chi connectivity index (χ3n) is 1.60. The maximum Gasteiger partial charge on any atom is 0.345 e. The van der Waals surface area contributed by atoms with Crippen molar-refractivity contribution in [2.24, 2.45) is 0 Å². The Morgan fingerprint density at radius 1 is 1.55 bits per heavy atom. The van der Waals surface area contributed by atoms with Crippen LogP contribution in [0.25, 0.3) is 0 Å². The average Bonchev–Trinajstić information content (AvgIpc) is 2.04. The topological polar surface area (TPSA) is 69.8 Å². The first kappa shape index (κ1) is 6.36. The molecule has 0 unspecified atom stereocenters. The molecule has 0 amide bonds. The number of H-pyrrole nitrogens is 1. The number of anilines is 1. The van der Waals surface area contributed by atoms with Gasteiger partial charge in [0.1, 0.15) is 0 Å². The first-order chi connectivity index (χ1) is 5.36. The molecule has 11 heavy (non-hydrogen) atoms. The highest BCUT2D eigenvalue weighted by atomic mass is 16.1. The van der Waals surface area contributed by atoms with Crippen molar-refractivity contribution in [3.05, 3.63) is 22.4 Å². The van der Waals surface area contributed by atoms with Crippen molar-refractivity contribution >= 4 is 5.69 Å². The van der Waals surface area contributed by atoms with Gasteiger partial charge in [0.05, 0.1) is 24.2 Å².